The number of hydrogen-bond donors (Lipinski definition) is 1. The number of nitro groups is 1. The first-order valence-corrected chi connectivity index (χ1v) is 9.03. The summed E-state index contributed by atoms with van der Waals surface area (Å²) in [7, 11) is -4.13. The molecule has 2 aromatic rings. The van der Waals surface area contributed by atoms with Gasteiger partial charge in [0.15, 0.2) is 0 Å². The first-order valence-electron chi connectivity index (χ1n) is 7.54. The molecule has 26 heavy (non-hydrogen) atoms. The molecule has 0 saturated carbocycles. The minimum absolute atomic E-state index is 0.0736. The summed E-state index contributed by atoms with van der Waals surface area (Å²) in [5.41, 5.74) is 0.0905. The normalized spacial score (nSPS) is 11.7. The summed E-state index contributed by atoms with van der Waals surface area (Å²) in [6.07, 6.45) is 1.35. The Labute approximate surface area is 150 Å². The highest BCUT2D eigenvalue weighted by Crippen LogP contribution is 2.17. The molecule has 2 aromatic carbocycles. The van der Waals surface area contributed by atoms with Crippen molar-refractivity contribution in [1.29, 1.82) is 0 Å². The van der Waals surface area contributed by atoms with E-state index in [9.17, 15) is 23.3 Å². The van der Waals surface area contributed by atoms with E-state index in [0.717, 1.165) is 24.3 Å². The van der Waals surface area contributed by atoms with Crippen LogP contribution in [0.2, 0.25) is 0 Å². The predicted molar refractivity (Wildman–Crippen MR) is 94.5 cm³/mol. The first kappa shape index (κ1) is 19.1. The maximum atomic E-state index is 12.5. The van der Waals surface area contributed by atoms with Crippen molar-refractivity contribution in [3.63, 3.8) is 0 Å². The van der Waals surface area contributed by atoms with Gasteiger partial charge in [-0.25, -0.2) is 13.2 Å². The molecule has 1 N–H and O–H groups in total. The number of carbonyl (C=O) groups excluding carboxylic acids is 1. The molecule has 0 heterocycles. The Morgan fingerprint density at radius 1 is 1.15 bits per heavy atom. The van der Waals surface area contributed by atoms with Gasteiger partial charge in [-0.3, -0.25) is 14.8 Å². The smallest absolute Gasteiger partial charge is 0.355 e. The van der Waals surface area contributed by atoms with Gasteiger partial charge in [-0.15, -0.1) is 0 Å². The lowest BCUT2D eigenvalue weighted by atomic mass is 10.2. The molecular weight excluding hydrogens is 360 g/mol. The highest BCUT2D eigenvalue weighted by atomic mass is 32.2. The maximum absolute atomic E-state index is 12.5. The van der Waals surface area contributed by atoms with Gasteiger partial charge in [-0.2, -0.15) is 0 Å². The fourth-order valence-electron chi connectivity index (χ4n) is 2.01. The zero-order valence-corrected chi connectivity index (χ0v) is 14.6. The molecule has 0 unspecified atom stereocenters. The van der Waals surface area contributed by atoms with E-state index in [1.54, 1.807) is 37.3 Å². The third-order valence-corrected chi connectivity index (χ3v) is 4.59. The number of nitrogens with one attached hydrogen (secondary N) is 1. The molecule has 0 fully saturated rings. The van der Waals surface area contributed by atoms with Gasteiger partial charge in [0.2, 0.25) is 0 Å². The lowest BCUT2D eigenvalue weighted by Gasteiger charge is -2.11. The van der Waals surface area contributed by atoms with Crippen LogP contribution in [0.1, 0.15) is 12.5 Å². The molecule has 0 aliphatic heterocycles. The van der Waals surface area contributed by atoms with Crippen molar-refractivity contribution in [2.45, 2.75) is 11.8 Å². The van der Waals surface area contributed by atoms with Crippen LogP contribution in [0, 0.1) is 10.1 Å². The van der Waals surface area contributed by atoms with E-state index in [1.165, 1.54) is 6.08 Å². The number of ether oxygens (including phenoxy) is 1. The average Bonchev–Trinajstić information content (AvgIpc) is 2.62. The molecule has 0 spiro atoms. The number of nitrogens with zero attached hydrogens (tertiary/aromatic N) is 1. The van der Waals surface area contributed by atoms with Crippen LogP contribution in [-0.4, -0.2) is 25.9 Å². The summed E-state index contributed by atoms with van der Waals surface area (Å²) >= 11 is 0. The summed E-state index contributed by atoms with van der Waals surface area (Å²) in [6, 6.07) is 13.0. The van der Waals surface area contributed by atoms with E-state index in [4.69, 9.17) is 4.74 Å². The second kappa shape index (κ2) is 8.26. The Hall–Kier alpha value is -3.20. The summed E-state index contributed by atoms with van der Waals surface area (Å²) in [6.45, 7) is 1.67. The fraction of sp³-hybridized carbons (Fsp3) is 0.118. The zero-order valence-electron chi connectivity index (χ0n) is 13.8. The number of benzene rings is 2. The van der Waals surface area contributed by atoms with E-state index in [-0.39, 0.29) is 22.9 Å². The quantitative estimate of drug-likeness (QED) is 0.343. The standard InChI is InChI=1S/C17H16N2O6S/c1-2-25-17(20)16(12-13-6-4-3-5-7-13)18-26(23,24)15-10-8-14(9-11-15)19(21)22/h3-12,18H,2H2,1H3/b16-12-. The van der Waals surface area contributed by atoms with Crippen molar-refractivity contribution in [3.05, 3.63) is 76.0 Å². The molecule has 0 aliphatic carbocycles. The van der Waals surface area contributed by atoms with Gasteiger partial charge in [-0.05, 0) is 30.7 Å². The summed E-state index contributed by atoms with van der Waals surface area (Å²) in [5.74, 6) is -0.832. The third kappa shape index (κ3) is 4.90. The summed E-state index contributed by atoms with van der Waals surface area (Å²) in [4.78, 5) is 21.9. The van der Waals surface area contributed by atoms with Gasteiger partial charge in [0.1, 0.15) is 5.70 Å². The fourth-order valence-corrected chi connectivity index (χ4v) is 3.05. The second-order valence-electron chi connectivity index (χ2n) is 5.05. The molecule has 0 radical (unpaired) electrons. The Bertz CT molecular complexity index is 921. The Balaban J connectivity index is 2.35. The van der Waals surface area contributed by atoms with E-state index in [2.05, 4.69) is 4.72 Å². The molecule has 0 amide bonds. The highest BCUT2D eigenvalue weighted by molar-refractivity contribution is 7.89. The van der Waals surface area contributed by atoms with Crippen LogP contribution in [0.15, 0.2) is 65.2 Å². The van der Waals surface area contributed by atoms with Gasteiger partial charge in [0.25, 0.3) is 15.7 Å². The van der Waals surface area contributed by atoms with Crippen molar-refractivity contribution in [3.8, 4) is 0 Å². The number of rotatable bonds is 7. The molecular formula is C17H16N2O6S. The molecule has 8 nitrogen and oxygen atoms in total. The molecule has 0 aliphatic rings. The summed E-state index contributed by atoms with van der Waals surface area (Å²) in [5, 5.41) is 10.7. The molecule has 2 rings (SSSR count). The SMILES string of the molecule is CCOC(=O)/C(=C/c1ccccc1)NS(=O)(=O)c1ccc([N+](=O)[O-])cc1. The largest absolute Gasteiger partial charge is 0.461 e. The predicted octanol–water partition coefficient (Wildman–Crippen LogP) is 2.48. The lowest BCUT2D eigenvalue weighted by Crippen LogP contribution is -2.28. The number of esters is 1. The van der Waals surface area contributed by atoms with Gasteiger partial charge < -0.3 is 4.74 Å². The molecule has 0 atom stereocenters. The third-order valence-electron chi connectivity index (χ3n) is 3.21. The van der Waals surface area contributed by atoms with Crippen LogP contribution in [0.5, 0.6) is 0 Å². The van der Waals surface area contributed by atoms with Crippen LogP contribution in [-0.2, 0) is 19.6 Å². The molecule has 9 heteroatoms. The number of non-ortho nitro benzene ring substituents is 1. The van der Waals surface area contributed by atoms with E-state index >= 15 is 0 Å². The monoisotopic (exact) mass is 376 g/mol. The van der Waals surface area contributed by atoms with Gasteiger partial charge in [-0.1, -0.05) is 30.3 Å². The van der Waals surface area contributed by atoms with E-state index in [1.807, 2.05) is 0 Å². The molecule has 0 aromatic heterocycles. The van der Waals surface area contributed by atoms with E-state index < -0.39 is 20.9 Å². The second-order valence-corrected chi connectivity index (χ2v) is 6.73. The van der Waals surface area contributed by atoms with Crippen molar-refractivity contribution in [1.82, 2.24) is 4.72 Å². The minimum Gasteiger partial charge on any atom is -0.461 e. The lowest BCUT2D eigenvalue weighted by molar-refractivity contribution is -0.384. The molecule has 136 valence electrons. The molecule has 0 bridgehead atoms. The van der Waals surface area contributed by atoms with Crippen LogP contribution in [0.3, 0.4) is 0 Å². The Morgan fingerprint density at radius 3 is 2.31 bits per heavy atom. The zero-order chi connectivity index (χ0) is 19.2. The van der Waals surface area contributed by atoms with Gasteiger partial charge >= 0.3 is 5.97 Å². The van der Waals surface area contributed by atoms with Crippen molar-refractivity contribution < 1.29 is 22.9 Å². The van der Waals surface area contributed by atoms with Crippen molar-refractivity contribution in [2.24, 2.45) is 0 Å². The Morgan fingerprint density at radius 2 is 1.77 bits per heavy atom. The molecule has 0 saturated heterocycles. The topological polar surface area (TPSA) is 116 Å². The maximum Gasteiger partial charge on any atom is 0.355 e. The number of carbonyl (C=O) groups is 1. The van der Waals surface area contributed by atoms with Crippen molar-refractivity contribution in [2.75, 3.05) is 6.61 Å². The van der Waals surface area contributed by atoms with Crippen LogP contribution in [0.4, 0.5) is 5.69 Å². The van der Waals surface area contributed by atoms with E-state index in [0.29, 0.717) is 5.56 Å². The van der Waals surface area contributed by atoms with Gasteiger partial charge in [0, 0.05) is 12.1 Å². The van der Waals surface area contributed by atoms with Crippen LogP contribution < -0.4 is 4.72 Å². The first-order chi connectivity index (χ1) is 12.3. The van der Waals surface area contributed by atoms with Crippen LogP contribution in [0.25, 0.3) is 6.08 Å². The number of hydrogen-bond acceptors (Lipinski definition) is 6. The highest BCUT2D eigenvalue weighted by Gasteiger charge is 2.21. The number of nitro benzene ring substituents is 1. The summed E-state index contributed by atoms with van der Waals surface area (Å²) < 4.78 is 32.1. The van der Waals surface area contributed by atoms with Gasteiger partial charge in [0.05, 0.1) is 16.4 Å². The number of sulfonamides is 1. The Kier molecular flexibility index (Phi) is 6.07. The average molecular weight is 376 g/mol. The van der Waals surface area contributed by atoms with Crippen molar-refractivity contribution >= 4 is 27.8 Å². The van der Waals surface area contributed by atoms with Crippen LogP contribution >= 0.6 is 0 Å². The minimum atomic E-state index is -4.13.